The molecule has 0 saturated heterocycles. The van der Waals surface area contributed by atoms with Crippen molar-refractivity contribution < 1.29 is 14.7 Å². The molecule has 1 aromatic carbocycles. The van der Waals surface area contributed by atoms with Crippen LogP contribution in [0, 0.1) is 6.92 Å². The summed E-state index contributed by atoms with van der Waals surface area (Å²) in [5.41, 5.74) is 1.91. The molecule has 7 heteroatoms. The number of carboxylic acids is 1. The van der Waals surface area contributed by atoms with Gasteiger partial charge in [0, 0.05) is 13.0 Å². The predicted octanol–water partition coefficient (Wildman–Crippen LogP) is 0.765. The molecule has 1 atom stereocenters. The summed E-state index contributed by atoms with van der Waals surface area (Å²) >= 11 is 0. The molecule has 108 valence electrons. The Balaban J connectivity index is 1.96. The van der Waals surface area contributed by atoms with Crippen LogP contribution in [0.4, 0.5) is 0 Å². The van der Waals surface area contributed by atoms with Crippen molar-refractivity contribution in [1.82, 2.24) is 20.1 Å². The van der Waals surface area contributed by atoms with Gasteiger partial charge >= 0.3 is 5.97 Å². The maximum atomic E-state index is 12.5. The van der Waals surface area contributed by atoms with Gasteiger partial charge in [0.05, 0.1) is 0 Å². The Morgan fingerprint density at radius 3 is 2.67 bits per heavy atom. The number of nitrogens with one attached hydrogen (secondary N) is 1. The monoisotopic (exact) mass is 286 g/mol. The minimum atomic E-state index is -1.02. The topological polar surface area (TPSA) is 99.2 Å². The van der Waals surface area contributed by atoms with Crippen LogP contribution in [-0.4, -0.2) is 43.1 Å². The molecule has 2 aromatic rings. The van der Waals surface area contributed by atoms with E-state index in [9.17, 15) is 14.7 Å². The normalized spacial score (nSPS) is 17.4. The van der Waals surface area contributed by atoms with Crippen LogP contribution in [0.15, 0.2) is 24.3 Å². The summed E-state index contributed by atoms with van der Waals surface area (Å²) in [5.74, 6) is -0.980. The first-order valence-electron chi connectivity index (χ1n) is 6.56. The van der Waals surface area contributed by atoms with Gasteiger partial charge in [0.25, 0.3) is 5.91 Å². The maximum Gasteiger partial charge on any atom is 0.326 e. The molecule has 2 N–H and O–H groups in total. The lowest BCUT2D eigenvalue weighted by molar-refractivity contribution is -0.142. The lowest BCUT2D eigenvalue weighted by Gasteiger charge is -2.33. The molecule has 1 aliphatic heterocycles. The highest BCUT2D eigenvalue weighted by atomic mass is 16.4. The molecule has 1 aliphatic rings. The number of rotatable bonds is 2. The Hall–Kier alpha value is -2.70. The van der Waals surface area contributed by atoms with Gasteiger partial charge in [-0.3, -0.25) is 9.89 Å². The SMILES string of the molecule is Cc1nc(C(=O)N2Cc3ccccc3C[C@@H]2C(=O)O)n[nH]1. The second kappa shape index (κ2) is 5.01. The summed E-state index contributed by atoms with van der Waals surface area (Å²) in [6, 6.07) is 6.64. The predicted molar refractivity (Wildman–Crippen MR) is 72.6 cm³/mol. The highest BCUT2D eigenvalue weighted by Crippen LogP contribution is 2.24. The molecule has 7 nitrogen and oxygen atoms in total. The van der Waals surface area contributed by atoms with Crippen molar-refractivity contribution in [2.45, 2.75) is 25.9 Å². The number of aromatic nitrogens is 3. The van der Waals surface area contributed by atoms with Crippen LogP contribution in [0.3, 0.4) is 0 Å². The Bertz CT molecular complexity index is 710. The third kappa shape index (κ3) is 2.37. The number of fused-ring (bicyclic) bond motifs is 1. The molecular formula is C14H14N4O3. The van der Waals surface area contributed by atoms with E-state index in [2.05, 4.69) is 15.2 Å². The largest absolute Gasteiger partial charge is 0.480 e. The van der Waals surface area contributed by atoms with Crippen LogP contribution in [0.25, 0.3) is 0 Å². The smallest absolute Gasteiger partial charge is 0.326 e. The van der Waals surface area contributed by atoms with E-state index >= 15 is 0 Å². The van der Waals surface area contributed by atoms with E-state index in [1.807, 2.05) is 24.3 Å². The molecule has 0 fully saturated rings. The average Bonchev–Trinajstić information content (AvgIpc) is 2.91. The van der Waals surface area contributed by atoms with Crippen molar-refractivity contribution in [2.24, 2.45) is 0 Å². The molecule has 0 saturated carbocycles. The third-order valence-electron chi connectivity index (χ3n) is 3.58. The van der Waals surface area contributed by atoms with Crippen molar-refractivity contribution in [2.75, 3.05) is 0 Å². The number of carbonyl (C=O) groups excluding carboxylic acids is 1. The van der Waals surface area contributed by atoms with Crippen LogP contribution in [0.2, 0.25) is 0 Å². The zero-order chi connectivity index (χ0) is 15.0. The first-order valence-corrected chi connectivity index (χ1v) is 6.56. The first kappa shape index (κ1) is 13.3. The van der Waals surface area contributed by atoms with Crippen molar-refractivity contribution in [3.8, 4) is 0 Å². The van der Waals surface area contributed by atoms with Gasteiger partial charge in [-0.2, -0.15) is 0 Å². The molecule has 0 radical (unpaired) electrons. The lowest BCUT2D eigenvalue weighted by Crippen LogP contribution is -2.48. The number of amides is 1. The molecule has 3 rings (SSSR count). The first-order chi connectivity index (χ1) is 10.1. The van der Waals surface area contributed by atoms with Gasteiger partial charge in [-0.05, 0) is 18.1 Å². The molecule has 0 bridgehead atoms. The highest BCUT2D eigenvalue weighted by Gasteiger charge is 2.36. The third-order valence-corrected chi connectivity index (χ3v) is 3.58. The standard InChI is InChI=1S/C14H14N4O3/c1-8-15-12(17-16-8)13(19)18-7-10-5-3-2-4-9(10)6-11(18)14(20)21/h2-5,11H,6-7H2,1H3,(H,20,21)(H,15,16,17)/t11-/m1/s1. The fraction of sp³-hybridized carbons (Fsp3) is 0.286. The Kier molecular flexibility index (Phi) is 3.17. The second-order valence-corrected chi connectivity index (χ2v) is 5.00. The molecular weight excluding hydrogens is 272 g/mol. The van der Waals surface area contributed by atoms with Gasteiger partial charge < -0.3 is 10.0 Å². The summed E-state index contributed by atoms with van der Waals surface area (Å²) < 4.78 is 0. The van der Waals surface area contributed by atoms with Crippen LogP contribution < -0.4 is 0 Å². The van der Waals surface area contributed by atoms with Crippen molar-refractivity contribution in [1.29, 1.82) is 0 Å². The van der Waals surface area contributed by atoms with Gasteiger partial charge in [-0.15, -0.1) is 5.10 Å². The minimum absolute atomic E-state index is 0.00173. The number of aliphatic carboxylic acids is 1. The number of H-pyrrole nitrogens is 1. The van der Waals surface area contributed by atoms with Crippen LogP contribution in [-0.2, 0) is 17.8 Å². The van der Waals surface area contributed by atoms with E-state index in [0.717, 1.165) is 11.1 Å². The van der Waals surface area contributed by atoms with E-state index in [1.165, 1.54) is 4.90 Å². The van der Waals surface area contributed by atoms with Gasteiger partial charge in [0.2, 0.25) is 5.82 Å². The average molecular weight is 286 g/mol. The summed E-state index contributed by atoms with van der Waals surface area (Å²) in [6.07, 6.45) is 0.292. The molecule has 2 heterocycles. The van der Waals surface area contributed by atoms with Gasteiger partial charge in [0.1, 0.15) is 11.9 Å². The van der Waals surface area contributed by atoms with Crippen LogP contribution in [0.1, 0.15) is 27.6 Å². The van der Waals surface area contributed by atoms with Crippen molar-refractivity contribution >= 4 is 11.9 Å². The number of carbonyl (C=O) groups is 2. The molecule has 0 aliphatic carbocycles. The second-order valence-electron chi connectivity index (χ2n) is 5.00. The van der Waals surface area contributed by atoms with E-state index < -0.39 is 17.9 Å². The number of hydrogen-bond acceptors (Lipinski definition) is 4. The van der Waals surface area contributed by atoms with Gasteiger partial charge in [-0.1, -0.05) is 24.3 Å². The zero-order valence-electron chi connectivity index (χ0n) is 11.4. The molecule has 1 aromatic heterocycles. The molecule has 21 heavy (non-hydrogen) atoms. The van der Waals surface area contributed by atoms with E-state index in [1.54, 1.807) is 6.92 Å². The Morgan fingerprint density at radius 2 is 2.05 bits per heavy atom. The zero-order valence-corrected chi connectivity index (χ0v) is 11.4. The number of hydrogen-bond donors (Lipinski definition) is 2. The summed E-state index contributed by atoms with van der Waals surface area (Å²) in [6.45, 7) is 1.93. The summed E-state index contributed by atoms with van der Waals surface area (Å²) in [5, 5.41) is 15.8. The lowest BCUT2D eigenvalue weighted by atomic mass is 9.94. The van der Waals surface area contributed by atoms with Crippen molar-refractivity contribution in [3.63, 3.8) is 0 Å². The van der Waals surface area contributed by atoms with E-state index in [0.29, 0.717) is 12.2 Å². The van der Waals surface area contributed by atoms with Crippen LogP contribution in [0.5, 0.6) is 0 Å². The molecule has 0 unspecified atom stereocenters. The van der Waals surface area contributed by atoms with E-state index in [-0.39, 0.29) is 12.4 Å². The maximum absolute atomic E-state index is 12.5. The van der Waals surface area contributed by atoms with Crippen molar-refractivity contribution in [3.05, 3.63) is 47.0 Å². The quantitative estimate of drug-likeness (QED) is 0.849. The number of aryl methyl sites for hydroxylation is 1. The number of benzene rings is 1. The molecule has 0 spiro atoms. The number of nitrogens with zero attached hydrogens (tertiary/aromatic N) is 3. The molecule has 1 amide bonds. The summed E-state index contributed by atoms with van der Waals surface area (Å²) in [7, 11) is 0. The highest BCUT2D eigenvalue weighted by molar-refractivity contribution is 5.93. The van der Waals surface area contributed by atoms with Gasteiger partial charge in [-0.25, -0.2) is 9.78 Å². The number of aromatic amines is 1. The minimum Gasteiger partial charge on any atom is -0.480 e. The fourth-order valence-corrected chi connectivity index (χ4v) is 2.52. The van der Waals surface area contributed by atoms with Gasteiger partial charge in [0.15, 0.2) is 0 Å². The summed E-state index contributed by atoms with van der Waals surface area (Å²) in [4.78, 5) is 29.2. The van der Waals surface area contributed by atoms with Crippen LogP contribution >= 0.6 is 0 Å². The number of carboxylic acid groups (broad SMARTS) is 1. The Labute approximate surface area is 120 Å². The fourth-order valence-electron chi connectivity index (χ4n) is 2.52. The Morgan fingerprint density at radius 1 is 1.33 bits per heavy atom. The van der Waals surface area contributed by atoms with E-state index in [4.69, 9.17) is 0 Å².